The fraction of sp³-hybridized carbons (Fsp3) is 0.250. The molecular formula is C20H20N4O2. The summed E-state index contributed by atoms with van der Waals surface area (Å²) in [5, 5.41) is 11.3. The van der Waals surface area contributed by atoms with E-state index in [1.54, 1.807) is 36.1 Å². The van der Waals surface area contributed by atoms with Crippen LogP contribution < -0.4 is 10.1 Å². The number of carbonyl (C=O) groups is 1. The Balaban J connectivity index is 1.63. The molecule has 1 N–H and O–H groups in total. The summed E-state index contributed by atoms with van der Waals surface area (Å²) in [6, 6.07) is 15.3. The van der Waals surface area contributed by atoms with Gasteiger partial charge in [-0.2, -0.15) is 0 Å². The van der Waals surface area contributed by atoms with Gasteiger partial charge in [0, 0.05) is 11.6 Å². The maximum atomic E-state index is 12.8. The molecule has 1 saturated carbocycles. The second-order valence-electron chi connectivity index (χ2n) is 6.53. The zero-order chi connectivity index (χ0) is 18.1. The van der Waals surface area contributed by atoms with E-state index in [9.17, 15) is 4.79 Å². The van der Waals surface area contributed by atoms with Crippen LogP contribution in [0.15, 0.2) is 48.5 Å². The maximum absolute atomic E-state index is 12.8. The van der Waals surface area contributed by atoms with Gasteiger partial charge in [0.25, 0.3) is 5.91 Å². The van der Waals surface area contributed by atoms with Crippen LogP contribution in [0.25, 0.3) is 5.69 Å². The fourth-order valence-corrected chi connectivity index (χ4v) is 2.92. The van der Waals surface area contributed by atoms with Gasteiger partial charge in [0.05, 0.1) is 18.5 Å². The summed E-state index contributed by atoms with van der Waals surface area (Å²) in [7, 11) is 1.61. The summed E-state index contributed by atoms with van der Waals surface area (Å²) < 4.78 is 6.93. The van der Waals surface area contributed by atoms with Crippen molar-refractivity contribution >= 4 is 11.6 Å². The number of nitrogens with zero attached hydrogens (tertiary/aromatic N) is 3. The fourth-order valence-electron chi connectivity index (χ4n) is 2.92. The zero-order valence-corrected chi connectivity index (χ0v) is 14.8. The Morgan fingerprint density at radius 1 is 1.12 bits per heavy atom. The molecule has 0 spiro atoms. The highest BCUT2D eigenvalue weighted by atomic mass is 16.5. The van der Waals surface area contributed by atoms with E-state index < -0.39 is 0 Å². The van der Waals surface area contributed by atoms with Crippen LogP contribution in [0, 0.1) is 6.92 Å². The number of carbonyl (C=O) groups excluding carboxylic acids is 1. The number of methoxy groups -OCH3 is 1. The van der Waals surface area contributed by atoms with Crippen LogP contribution in [0.5, 0.6) is 5.75 Å². The van der Waals surface area contributed by atoms with Crippen molar-refractivity contribution in [3.63, 3.8) is 0 Å². The molecule has 1 aliphatic carbocycles. The third-order valence-corrected chi connectivity index (χ3v) is 4.51. The minimum Gasteiger partial charge on any atom is -0.497 e. The number of amides is 1. The number of rotatable bonds is 5. The molecule has 132 valence electrons. The minimum atomic E-state index is -0.240. The predicted molar refractivity (Wildman–Crippen MR) is 99.0 cm³/mol. The molecule has 0 atom stereocenters. The summed E-state index contributed by atoms with van der Waals surface area (Å²) >= 11 is 0. The van der Waals surface area contributed by atoms with Gasteiger partial charge in [-0.3, -0.25) is 4.79 Å². The average molecular weight is 348 g/mol. The molecule has 1 aliphatic rings. The second kappa shape index (κ2) is 6.63. The van der Waals surface area contributed by atoms with Crippen molar-refractivity contribution in [1.82, 2.24) is 15.0 Å². The number of ether oxygens (including phenoxy) is 1. The van der Waals surface area contributed by atoms with Crippen molar-refractivity contribution in [3.8, 4) is 11.4 Å². The Kier molecular flexibility index (Phi) is 4.16. The number of hydrogen-bond donors (Lipinski definition) is 1. The van der Waals surface area contributed by atoms with Gasteiger partial charge in [0.1, 0.15) is 5.75 Å². The molecule has 2 aromatic carbocycles. The summed E-state index contributed by atoms with van der Waals surface area (Å²) in [5.74, 6) is 0.838. The van der Waals surface area contributed by atoms with Crippen molar-refractivity contribution in [1.29, 1.82) is 0 Å². The van der Waals surface area contributed by atoms with Crippen LogP contribution in [-0.2, 0) is 0 Å². The van der Waals surface area contributed by atoms with E-state index in [-0.39, 0.29) is 5.91 Å². The lowest BCUT2D eigenvalue weighted by molar-refractivity contribution is 0.102. The molecule has 1 heterocycles. The van der Waals surface area contributed by atoms with E-state index in [0.29, 0.717) is 17.3 Å². The maximum Gasteiger partial charge on any atom is 0.278 e. The Morgan fingerprint density at radius 2 is 1.81 bits per heavy atom. The lowest BCUT2D eigenvalue weighted by Crippen LogP contribution is -2.15. The Labute approximate surface area is 151 Å². The molecule has 1 fully saturated rings. The van der Waals surface area contributed by atoms with Crippen LogP contribution in [0.1, 0.15) is 40.5 Å². The van der Waals surface area contributed by atoms with Gasteiger partial charge in [-0.25, -0.2) is 4.68 Å². The highest BCUT2D eigenvalue weighted by molar-refractivity contribution is 6.03. The second-order valence-corrected chi connectivity index (χ2v) is 6.53. The predicted octanol–water partition coefficient (Wildman–Crippen LogP) is 3.71. The van der Waals surface area contributed by atoms with Gasteiger partial charge >= 0.3 is 0 Å². The minimum absolute atomic E-state index is 0.240. The molecule has 1 aromatic heterocycles. The standard InChI is InChI=1S/C20H20N4O2/c1-13-3-9-16(10-4-13)24-19(14-5-6-14)18(22-23-24)20(25)21-15-7-11-17(26-2)12-8-15/h3-4,7-12,14H,5-6H2,1-2H3,(H,21,25). The summed E-state index contributed by atoms with van der Waals surface area (Å²) in [6.45, 7) is 2.04. The molecular weight excluding hydrogens is 328 g/mol. The van der Waals surface area contributed by atoms with Gasteiger partial charge in [0.2, 0.25) is 0 Å². The lowest BCUT2D eigenvalue weighted by atomic mass is 10.2. The first-order chi connectivity index (χ1) is 12.7. The number of hydrogen-bond acceptors (Lipinski definition) is 4. The Morgan fingerprint density at radius 3 is 2.42 bits per heavy atom. The van der Waals surface area contributed by atoms with Crippen molar-refractivity contribution in [2.24, 2.45) is 0 Å². The molecule has 0 saturated heterocycles. The highest BCUT2D eigenvalue weighted by Gasteiger charge is 2.34. The summed E-state index contributed by atoms with van der Waals surface area (Å²) in [6.07, 6.45) is 2.12. The summed E-state index contributed by atoms with van der Waals surface area (Å²) in [4.78, 5) is 12.8. The molecule has 0 unspecified atom stereocenters. The van der Waals surface area contributed by atoms with Gasteiger partial charge in [-0.1, -0.05) is 22.9 Å². The molecule has 26 heavy (non-hydrogen) atoms. The van der Waals surface area contributed by atoms with E-state index in [0.717, 1.165) is 30.0 Å². The normalized spacial score (nSPS) is 13.5. The molecule has 1 amide bonds. The quantitative estimate of drug-likeness (QED) is 0.763. The zero-order valence-electron chi connectivity index (χ0n) is 14.8. The molecule has 6 nitrogen and oxygen atoms in total. The first kappa shape index (κ1) is 16.3. The summed E-state index contributed by atoms with van der Waals surface area (Å²) in [5.41, 5.74) is 4.08. The molecule has 4 rings (SSSR count). The van der Waals surface area contributed by atoms with E-state index >= 15 is 0 Å². The van der Waals surface area contributed by atoms with Crippen molar-refractivity contribution < 1.29 is 9.53 Å². The van der Waals surface area contributed by atoms with Crippen molar-refractivity contribution in [2.45, 2.75) is 25.7 Å². The monoisotopic (exact) mass is 348 g/mol. The number of nitrogens with one attached hydrogen (secondary N) is 1. The van der Waals surface area contributed by atoms with Gasteiger partial charge < -0.3 is 10.1 Å². The van der Waals surface area contributed by atoms with Gasteiger partial charge in [0.15, 0.2) is 5.69 Å². The van der Waals surface area contributed by atoms with Crippen LogP contribution in [0.2, 0.25) is 0 Å². The van der Waals surface area contributed by atoms with Gasteiger partial charge in [-0.15, -0.1) is 5.10 Å². The van der Waals surface area contributed by atoms with Crippen LogP contribution >= 0.6 is 0 Å². The van der Waals surface area contributed by atoms with Crippen LogP contribution in [0.4, 0.5) is 5.69 Å². The van der Waals surface area contributed by atoms with Gasteiger partial charge in [-0.05, 0) is 56.2 Å². The SMILES string of the molecule is COc1ccc(NC(=O)c2nnn(-c3ccc(C)cc3)c2C2CC2)cc1. The van der Waals surface area contributed by atoms with Crippen molar-refractivity contribution in [3.05, 3.63) is 65.5 Å². The van der Waals surface area contributed by atoms with E-state index in [4.69, 9.17) is 4.74 Å². The highest BCUT2D eigenvalue weighted by Crippen LogP contribution is 2.42. The molecule has 3 aromatic rings. The smallest absolute Gasteiger partial charge is 0.278 e. The molecule has 0 aliphatic heterocycles. The Bertz CT molecular complexity index is 925. The lowest BCUT2D eigenvalue weighted by Gasteiger charge is -2.08. The molecule has 0 bridgehead atoms. The Hall–Kier alpha value is -3.15. The topological polar surface area (TPSA) is 69.0 Å². The van der Waals surface area contributed by atoms with E-state index in [1.165, 1.54) is 5.56 Å². The van der Waals surface area contributed by atoms with E-state index in [1.807, 2.05) is 31.2 Å². The van der Waals surface area contributed by atoms with Crippen LogP contribution in [0.3, 0.4) is 0 Å². The number of anilines is 1. The van der Waals surface area contributed by atoms with E-state index in [2.05, 4.69) is 15.6 Å². The number of aromatic nitrogens is 3. The average Bonchev–Trinajstić information content (AvgIpc) is 3.41. The first-order valence-corrected chi connectivity index (χ1v) is 8.64. The number of aryl methyl sites for hydroxylation is 1. The molecule has 6 heteroatoms. The number of benzene rings is 2. The third kappa shape index (κ3) is 3.18. The largest absolute Gasteiger partial charge is 0.497 e. The molecule has 0 radical (unpaired) electrons. The first-order valence-electron chi connectivity index (χ1n) is 8.64. The van der Waals surface area contributed by atoms with Crippen molar-refractivity contribution in [2.75, 3.05) is 12.4 Å². The van der Waals surface area contributed by atoms with Crippen LogP contribution in [-0.4, -0.2) is 28.0 Å². The third-order valence-electron chi connectivity index (χ3n) is 4.51.